The van der Waals surface area contributed by atoms with Gasteiger partial charge < -0.3 is 15.0 Å². The van der Waals surface area contributed by atoms with Crippen molar-refractivity contribution in [3.63, 3.8) is 0 Å². The van der Waals surface area contributed by atoms with Crippen LogP contribution in [0.4, 0.5) is 5.69 Å². The van der Waals surface area contributed by atoms with Gasteiger partial charge in [0.25, 0.3) is 0 Å². The van der Waals surface area contributed by atoms with Gasteiger partial charge >= 0.3 is 0 Å². The lowest BCUT2D eigenvalue weighted by Gasteiger charge is -2.48. The molecule has 0 radical (unpaired) electrons. The van der Waals surface area contributed by atoms with Crippen LogP contribution >= 0.6 is 12.2 Å². The van der Waals surface area contributed by atoms with Crippen LogP contribution in [0.25, 0.3) is 0 Å². The second-order valence-electron chi connectivity index (χ2n) is 7.87. The van der Waals surface area contributed by atoms with Crippen LogP contribution in [0.5, 0.6) is 0 Å². The van der Waals surface area contributed by atoms with Crippen LogP contribution in [-0.2, 0) is 11.3 Å². The van der Waals surface area contributed by atoms with E-state index in [2.05, 4.69) is 60.5 Å². The average molecular weight is 380 g/mol. The minimum Gasteiger partial charge on any atom is -0.375 e. The van der Waals surface area contributed by atoms with Crippen molar-refractivity contribution in [2.24, 2.45) is 4.99 Å². The molecule has 0 amide bonds. The predicted molar refractivity (Wildman–Crippen MR) is 114 cm³/mol. The fraction of sp³-hybridized carbons (Fsp3) is 0.364. The van der Waals surface area contributed by atoms with Crippen molar-refractivity contribution in [2.45, 2.75) is 44.4 Å². The third-order valence-electron chi connectivity index (χ3n) is 5.34. The molecule has 2 aliphatic rings. The average Bonchev–Trinajstić information content (AvgIpc) is 2.87. The Morgan fingerprint density at radius 1 is 1.07 bits per heavy atom. The van der Waals surface area contributed by atoms with Gasteiger partial charge in [-0.1, -0.05) is 48.5 Å². The van der Waals surface area contributed by atoms with Gasteiger partial charge in [-0.25, -0.2) is 4.99 Å². The maximum atomic E-state index is 6.03. The van der Waals surface area contributed by atoms with E-state index < -0.39 is 0 Å². The SMILES string of the molecule is CC1(C)C[C@]2(CCO1)C(Nc1ccccc1)=NC(=S)N2Cc1ccccc1. The molecule has 5 heteroatoms. The van der Waals surface area contributed by atoms with E-state index in [4.69, 9.17) is 21.9 Å². The number of hydrogen-bond acceptors (Lipinski definition) is 3. The van der Waals surface area contributed by atoms with Crippen molar-refractivity contribution in [1.29, 1.82) is 0 Å². The summed E-state index contributed by atoms with van der Waals surface area (Å²) in [5.74, 6) is 0.936. The smallest absolute Gasteiger partial charge is 0.198 e. The first-order chi connectivity index (χ1) is 13.0. The molecule has 0 unspecified atom stereocenters. The highest BCUT2D eigenvalue weighted by Gasteiger charge is 2.53. The summed E-state index contributed by atoms with van der Waals surface area (Å²) in [5, 5.41) is 4.20. The minimum absolute atomic E-state index is 0.230. The molecule has 2 aromatic rings. The molecule has 27 heavy (non-hydrogen) atoms. The molecule has 4 nitrogen and oxygen atoms in total. The molecule has 2 aromatic carbocycles. The Hall–Kier alpha value is -2.24. The Labute approximate surface area is 166 Å². The first-order valence-electron chi connectivity index (χ1n) is 9.39. The highest BCUT2D eigenvalue weighted by molar-refractivity contribution is 7.80. The molecular formula is C22H25N3OS. The van der Waals surface area contributed by atoms with Crippen LogP contribution in [0.15, 0.2) is 65.7 Å². The molecule has 1 N–H and O–H groups in total. The number of para-hydroxylation sites is 1. The van der Waals surface area contributed by atoms with Crippen molar-refractivity contribution in [1.82, 2.24) is 4.90 Å². The van der Waals surface area contributed by atoms with Gasteiger partial charge in [0.15, 0.2) is 5.11 Å². The van der Waals surface area contributed by atoms with Crippen molar-refractivity contribution in [2.75, 3.05) is 11.9 Å². The first kappa shape index (κ1) is 18.1. The van der Waals surface area contributed by atoms with Crippen molar-refractivity contribution < 1.29 is 4.74 Å². The molecule has 1 fully saturated rings. The van der Waals surface area contributed by atoms with Gasteiger partial charge in [-0.05, 0) is 43.8 Å². The van der Waals surface area contributed by atoms with Crippen LogP contribution in [-0.4, -0.2) is 33.6 Å². The summed E-state index contributed by atoms with van der Waals surface area (Å²) in [5.41, 5.74) is 1.76. The molecule has 140 valence electrons. The monoisotopic (exact) mass is 379 g/mol. The summed E-state index contributed by atoms with van der Waals surface area (Å²) >= 11 is 5.72. The Morgan fingerprint density at radius 3 is 2.41 bits per heavy atom. The molecule has 1 saturated heterocycles. The second-order valence-corrected chi connectivity index (χ2v) is 8.24. The number of benzene rings is 2. The number of ether oxygens (including phenoxy) is 1. The zero-order chi connectivity index (χ0) is 18.9. The van der Waals surface area contributed by atoms with E-state index >= 15 is 0 Å². The molecule has 0 saturated carbocycles. The van der Waals surface area contributed by atoms with Crippen LogP contribution < -0.4 is 5.32 Å². The maximum absolute atomic E-state index is 6.03. The Morgan fingerprint density at radius 2 is 1.74 bits per heavy atom. The van der Waals surface area contributed by atoms with Gasteiger partial charge in [0.1, 0.15) is 11.4 Å². The zero-order valence-electron chi connectivity index (χ0n) is 15.8. The van der Waals surface area contributed by atoms with E-state index in [0.717, 1.165) is 30.9 Å². The minimum atomic E-state index is -0.273. The molecule has 0 aliphatic carbocycles. The number of aliphatic imine (C=N–C) groups is 1. The lowest BCUT2D eigenvalue weighted by atomic mass is 9.79. The second kappa shape index (κ2) is 7.06. The van der Waals surface area contributed by atoms with E-state index in [1.54, 1.807) is 0 Å². The number of hydrogen-bond donors (Lipinski definition) is 1. The summed E-state index contributed by atoms with van der Waals surface area (Å²) in [4.78, 5) is 7.10. The molecule has 0 bridgehead atoms. The molecule has 1 atom stereocenters. The summed E-state index contributed by atoms with van der Waals surface area (Å²) in [6.45, 7) is 5.74. The largest absolute Gasteiger partial charge is 0.375 e. The lowest BCUT2D eigenvalue weighted by Crippen LogP contribution is -2.60. The van der Waals surface area contributed by atoms with E-state index in [1.165, 1.54) is 5.56 Å². The van der Waals surface area contributed by atoms with E-state index in [0.29, 0.717) is 11.7 Å². The molecular weight excluding hydrogens is 354 g/mol. The van der Waals surface area contributed by atoms with Gasteiger partial charge in [0.2, 0.25) is 0 Å². The Balaban J connectivity index is 1.70. The number of amidine groups is 1. The number of thiocarbonyl (C=S) groups is 1. The summed E-state index contributed by atoms with van der Waals surface area (Å²) in [6, 6.07) is 20.6. The summed E-state index contributed by atoms with van der Waals surface area (Å²) in [7, 11) is 0. The molecule has 0 aromatic heterocycles. The van der Waals surface area contributed by atoms with Gasteiger partial charge in [0.05, 0.1) is 5.60 Å². The van der Waals surface area contributed by atoms with Crippen molar-refractivity contribution >= 4 is 28.9 Å². The fourth-order valence-electron chi connectivity index (χ4n) is 4.13. The number of anilines is 1. The lowest BCUT2D eigenvalue weighted by molar-refractivity contribution is -0.0879. The van der Waals surface area contributed by atoms with Crippen LogP contribution in [0.1, 0.15) is 32.3 Å². The topological polar surface area (TPSA) is 36.9 Å². The predicted octanol–water partition coefficient (Wildman–Crippen LogP) is 4.63. The highest BCUT2D eigenvalue weighted by Crippen LogP contribution is 2.42. The van der Waals surface area contributed by atoms with Gasteiger partial charge in [-0.3, -0.25) is 0 Å². The summed E-state index contributed by atoms with van der Waals surface area (Å²) in [6.07, 6.45) is 1.70. The van der Waals surface area contributed by atoms with Gasteiger partial charge in [-0.2, -0.15) is 0 Å². The van der Waals surface area contributed by atoms with Crippen LogP contribution in [0.3, 0.4) is 0 Å². The van der Waals surface area contributed by atoms with Gasteiger partial charge in [-0.15, -0.1) is 0 Å². The standard InChI is InChI=1S/C22H25N3OS/c1-21(2)16-22(13-14-26-21)19(23-18-11-7-4-8-12-18)24-20(27)25(22)15-17-9-5-3-6-10-17/h3-12H,13-16H2,1-2H3,(H,23,24,27)/t22-/m1/s1. The fourth-order valence-corrected chi connectivity index (χ4v) is 4.46. The highest BCUT2D eigenvalue weighted by atomic mass is 32.1. The third kappa shape index (κ3) is 3.62. The van der Waals surface area contributed by atoms with Crippen molar-refractivity contribution in [3.8, 4) is 0 Å². The van der Waals surface area contributed by atoms with Crippen LogP contribution in [0.2, 0.25) is 0 Å². The molecule has 2 aliphatic heterocycles. The van der Waals surface area contributed by atoms with Crippen molar-refractivity contribution in [3.05, 3.63) is 66.2 Å². The number of nitrogens with one attached hydrogen (secondary N) is 1. The number of rotatable bonds is 3. The van der Waals surface area contributed by atoms with E-state index in [1.807, 2.05) is 24.3 Å². The maximum Gasteiger partial charge on any atom is 0.198 e. The normalized spacial score (nSPS) is 24.1. The zero-order valence-corrected chi connectivity index (χ0v) is 16.6. The van der Waals surface area contributed by atoms with E-state index in [-0.39, 0.29) is 11.1 Å². The van der Waals surface area contributed by atoms with E-state index in [9.17, 15) is 0 Å². The number of nitrogens with zero attached hydrogens (tertiary/aromatic N) is 2. The van der Waals surface area contributed by atoms with Gasteiger partial charge in [0, 0.05) is 31.7 Å². The quantitative estimate of drug-likeness (QED) is 0.789. The Bertz CT molecular complexity index is 850. The van der Waals surface area contributed by atoms with Crippen LogP contribution in [0, 0.1) is 0 Å². The third-order valence-corrected chi connectivity index (χ3v) is 5.65. The Kier molecular flexibility index (Phi) is 4.74. The summed E-state index contributed by atoms with van der Waals surface area (Å²) < 4.78 is 6.03. The first-order valence-corrected chi connectivity index (χ1v) is 9.80. The molecule has 4 rings (SSSR count). The molecule has 2 heterocycles. The molecule has 1 spiro atoms.